The van der Waals surface area contributed by atoms with Crippen LogP contribution in [0.4, 0.5) is 5.82 Å². The van der Waals surface area contributed by atoms with Crippen LogP contribution in [0.25, 0.3) is 0 Å². The molecule has 4 rings (SSSR count). The van der Waals surface area contributed by atoms with Gasteiger partial charge in [0.1, 0.15) is 5.82 Å². The van der Waals surface area contributed by atoms with Crippen molar-refractivity contribution in [2.24, 2.45) is 5.73 Å². The van der Waals surface area contributed by atoms with Gasteiger partial charge in [0, 0.05) is 24.3 Å². The second-order valence-corrected chi connectivity index (χ2v) is 7.14. The van der Waals surface area contributed by atoms with Gasteiger partial charge in [0.05, 0.1) is 30.5 Å². The van der Waals surface area contributed by atoms with Gasteiger partial charge in [-0.1, -0.05) is 12.8 Å². The third-order valence-electron chi connectivity index (χ3n) is 5.43. The first-order chi connectivity index (χ1) is 13.6. The molecule has 0 radical (unpaired) electrons. The van der Waals surface area contributed by atoms with Crippen LogP contribution >= 0.6 is 0 Å². The number of fused-ring (bicyclic) bond motifs is 1. The first-order valence-corrected chi connectivity index (χ1v) is 9.45. The molecule has 0 saturated heterocycles. The molecule has 2 amide bonds. The summed E-state index contributed by atoms with van der Waals surface area (Å²) in [6.45, 7) is 0.840. The molecule has 8 heteroatoms. The van der Waals surface area contributed by atoms with Gasteiger partial charge in [-0.15, -0.1) is 0 Å². The summed E-state index contributed by atoms with van der Waals surface area (Å²) in [5, 5.41) is 3.10. The normalized spacial score (nSPS) is 16.3. The molecule has 0 spiro atoms. The first-order valence-electron chi connectivity index (χ1n) is 9.45. The van der Waals surface area contributed by atoms with E-state index in [0.717, 1.165) is 24.1 Å². The summed E-state index contributed by atoms with van der Waals surface area (Å²) >= 11 is 0. The lowest BCUT2D eigenvalue weighted by Crippen LogP contribution is -2.33. The van der Waals surface area contributed by atoms with Crippen LogP contribution in [0.15, 0.2) is 24.4 Å². The van der Waals surface area contributed by atoms with E-state index in [1.807, 2.05) is 11.0 Å². The van der Waals surface area contributed by atoms with Gasteiger partial charge in [0.15, 0.2) is 0 Å². The molecule has 1 saturated carbocycles. The van der Waals surface area contributed by atoms with E-state index in [1.54, 1.807) is 25.4 Å². The molecule has 0 aromatic carbocycles. The summed E-state index contributed by atoms with van der Waals surface area (Å²) in [7, 11) is 1.55. The molecule has 8 nitrogen and oxygen atoms in total. The second kappa shape index (κ2) is 7.46. The SMILES string of the molecule is COc1nc2c(cc1CNc1ncccc1C(N)=O)C(=O)N(C1CCCC1)C2. The molecule has 28 heavy (non-hydrogen) atoms. The lowest BCUT2D eigenvalue weighted by atomic mass is 10.1. The van der Waals surface area contributed by atoms with Crippen molar-refractivity contribution in [2.45, 2.75) is 44.8 Å². The Hall–Kier alpha value is -3.16. The van der Waals surface area contributed by atoms with Crippen molar-refractivity contribution in [3.63, 3.8) is 0 Å². The maximum atomic E-state index is 12.9. The molecule has 2 aromatic heterocycles. The maximum Gasteiger partial charge on any atom is 0.256 e. The smallest absolute Gasteiger partial charge is 0.256 e. The topological polar surface area (TPSA) is 110 Å². The van der Waals surface area contributed by atoms with Gasteiger partial charge in [-0.3, -0.25) is 9.59 Å². The Kier molecular flexibility index (Phi) is 4.85. The van der Waals surface area contributed by atoms with Crippen LogP contribution in [0.2, 0.25) is 0 Å². The summed E-state index contributed by atoms with van der Waals surface area (Å²) in [5.41, 5.74) is 7.81. The molecule has 3 N–H and O–H groups in total. The third kappa shape index (κ3) is 3.26. The van der Waals surface area contributed by atoms with E-state index in [4.69, 9.17) is 10.5 Å². The van der Waals surface area contributed by atoms with Crippen molar-refractivity contribution in [3.8, 4) is 5.88 Å². The Bertz CT molecular complexity index is 924. The number of amides is 2. The van der Waals surface area contributed by atoms with Crippen molar-refractivity contribution in [1.29, 1.82) is 0 Å². The monoisotopic (exact) mass is 381 g/mol. The fourth-order valence-corrected chi connectivity index (χ4v) is 4.01. The zero-order valence-corrected chi connectivity index (χ0v) is 15.8. The molecule has 0 atom stereocenters. The minimum absolute atomic E-state index is 0.0361. The molecular weight excluding hydrogens is 358 g/mol. The van der Waals surface area contributed by atoms with E-state index in [2.05, 4.69) is 15.3 Å². The van der Waals surface area contributed by atoms with Crippen LogP contribution in [0, 0.1) is 0 Å². The van der Waals surface area contributed by atoms with Crippen molar-refractivity contribution < 1.29 is 14.3 Å². The number of ether oxygens (including phenoxy) is 1. The van der Waals surface area contributed by atoms with Crippen molar-refractivity contribution in [1.82, 2.24) is 14.9 Å². The van der Waals surface area contributed by atoms with Crippen LogP contribution < -0.4 is 15.8 Å². The highest BCUT2D eigenvalue weighted by Crippen LogP contribution is 2.33. The molecular formula is C20H23N5O3. The molecule has 2 aromatic rings. The largest absolute Gasteiger partial charge is 0.481 e. The van der Waals surface area contributed by atoms with Gasteiger partial charge in [-0.25, -0.2) is 9.97 Å². The number of aromatic nitrogens is 2. The summed E-state index contributed by atoms with van der Waals surface area (Å²) in [4.78, 5) is 35.2. The Labute approximate surface area is 163 Å². The Morgan fingerprint density at radius 2 is 2.18 bits per heavy atom. The van der Waals surface area contributed by atoms with Crippen molar-refractivity contribution >= 4 is 17.6 Å². The van der Waals surface area contributed by atoms with Crippen LogP contribution in [0.5, 0.6) is 5.88 Å². The van der Waals surface area contributed by atoms with Crippen LogP contribution in [0.3, 0.4) is 0 Å². The van der Waals surface area contributed by atoms with Crippen LogP contribution in [-0.4, -0.2) is 39.8 Å². The number of nitrogens with two attached hydrogens (primary N) is 1. The van der Waals surface area contributed by atoms with E-state index < -0.39 is 5.91 Å². The average Bonchev–Trinajstić information content (AvgIpc) is 3.34. The highest BCUT2D eigenvalue weighted by atomic mass is 16.5. The first kappa shape index (κ1) is 18.2. The van der Waals surface area contributed by atoms with E-state index in [-0.39, 0.29) is 5.91 Å². The quantitative estimate of drug-likeness (QED) is 0.793. The fraction of sp³-hybridized carbons (Fsp3) is 0.400. The molecule has 146 valence electrons. The van der Waals surface area contributed by atoms with Crippen molar-refractivity contribution in [3.05, 3.63) is 46.8 Å². The molecule has 1 fully saturated rings. The minimum Gasteiger partial charge on any atom is -0.481 e. The molecule has 2 aliphatic rings. The summed E-state index contributed by atoms with van der Waals surface area (Å²) in [6.07, 6.45) is 6.03. The third-order valence-corrected chi connectivity index (χ3v) is 5.43. The number of carbonyl (C=O) groups is 2. The number of nitrogens with zero attached hydrogens (tertiary/aromatic N) is 3. The van der Waals surface area contributed by atoms with E-state index in [0.29, 0.717) is 42.0 Å². The number of hydrogen-bond acceptors (Lipinski definition) is 6. The number of hydrogen-bond donors (Lipinski definition) is 2. The number of methoxy groups -OCH3 is 1. The number of nitrogens with one attached hydrogen (secondary N) is 1. The van der Waals surface area contributed by atoms with Gasteiger partial charge in [-0.2, -0.15) is 0 Å². The van der Waals surface area contributed by atoms with E-state index in [1.165, 1.54) is 12.8 Å². The molecule has 1 aliphatic carbocycles. The van der Waals surface area contributed by atoms with Gasteiger partial charge in [0.25, 0.3) is 11.8 Å². The Balaban J connectivity index is 1.58. The number of rotatable bonds is 6. The highest BCUT2D eigenvalue weighted by molar-refractivity contribution is 5.98. The zero-order valence-electron chi connectivity index (χ0n) is 15.8. The standard InChI is InChI=1S/C20H23N5O3/c1-28-19-12(10-23-18-14(17(21)26)7-4-8-22-18)9-15-16(24-19)11-25(20(15)27)13-5-2-3-6-13/h4,7-9,13H,2-3,5-6,10-11H2,1H3,(H2,21,26)(H,22,23). The van der Waals surface area contributed by atoms with Gasteiger partial charge in [-0.05, 0) is 31.0 Å². The van der Waals surface area contributed by atoms with E-state index in [9.17, 15) is 9.59 Å². The lowest BCUT2D eigenvalue weighted by molar-refractivity contribution is 0.0706. The highest BCUT2D eigenvalue weighted by Gasteiger charge is 2.35. The number of carbonyl (C=O) groups excluding carboxylic acids is 2. The summed E-state index contributed by atoms with van der Waals surface area (Å²) in [5.74, 6) is 0.325. The van der Waals surface area contributed by atoms with Gasteiger partial charge >= 0.3 is 0 Å². The van der Waals surface area contributed by atoms with Crippen LogP contribution in [0.1, 0.15) is 57.7 Å². The second-order valence-electron chi connectivity index (χ2n) is 7.14. The maximum absolute atomic E-state index is 12.9. The fourth-order valence-electron chi connectivity index (χ4n) is 4.01. The van der Waals surface area contributed by atoms with Crippen molar-refractivity contribution in [2.75, 3.05) is 12.4 Å². The number of primary amides is 1. The molecule has 3 heterocycles. The minimum atomic E-state index is -0.558. The summed E-state index contributed by atoms with van der Waals surface area (Å²) < 4.78 is 5.44. The Morgan fingerprint density at radius 1 is 1.39 bits per heavy atom. The molecule has 0 unspecified atom stereocenters. The molecule has 1 aliphatic heterocycles. The summed E-state index contributed by atoms with van der Waals surface area (Å²) in [6, 6.07) is 5.40. The Morgan fingerprint density at radius 3 is 2.89 bits per heavy atom. The van der Waals surface area contributed by atoms with Crippen LogP contribution in [-0.2, 0) is 13.1 Å². The molecule has 0 bridgehead atoms. The number of pyridine rings is 2. The van der Waals surface area contributed by atoms with Gasteiger partial charge in [0.2, 0.25) is 5.88 Å². The predicted octanol–water partition coefficient (Wildman–Crippen LogP) is 2.09. The van der Waals surface area contributed by atoms with E-state index >= 15 is 0 Å². The average molecular weight is 381 g/mol. The van der Waals surface area contributed by atoms with Gasteiger partial charge < -0.3 is 20.7 Å². The lowest BCUT2D eigenvalue weighted by Gasteiger charge is -2.22. The predicted molar refractivity (Wildman–Crippen MR) is 103 cm³/mol. The number of anilines is 1. The zero-order chi connectivity index (χ0) is 19.7.